The number of halogens is 1. The van der Waals surface area contributed by atoms with E-state index < -0.39 is 0 Å². The van der Waals surface area contributed by atoms with Crippen LogP contribution in [-0.2, 0) is 6.42 Å². The molecular weight excluding hydrogens is 219 g/mol. The molecule has 0 bridgehead atoms. The van der Waals surface area contributed by atoms with Crippen LogP contribution in [0.25, 0.3) is 11.1 Å². The zero-order chi connectivity index (χ0) is 12.3. The highest BCUT2D eigenvalue weighted by atomic mass is 19.1. The number of hydrogen-bond donors (Lipinski definition) is 1. The van der Waals surface area contributed by atoms with E-state index in [0.29, 0.717) is 0 Å². The minimum absolute atomic E-state index is 0.246. The summed E-state index contributed by atoms with van der Waals surface area (Å²) in [6.07, 6.45) is 1.72. The summed E-state index contributed by atoms with van der Waals surface area (Å²) in [6.45, 7) is 2.04. The Morgan fingerprint density at radius 3 is 2.65 bits per heavy atom. The molecule has 0 aliphatic rings. The van der Waals surface area contributed by atoms with E-state index >= 15 is 0 Å². The first-order valence-corrected chi connectivity index (χ1v) is 5.55. The van der Waals surface area contributed by atoms with Crippen molar-refractivity contribution in [3.63, 3.8) is 0 Å². The Kier molecular flexibility index (Phi) is 3.32. The zero-order valence-electron chi connectivity index (χ0n) is 9.53. The highest BCUT2D eigenvalue weighted by Crippen LogP contribution is 2.21. The molecule has 0 fully saturated rings. The highest BCUT2D eigenvalue weighted by molar-refractivity contribution is 5.65. The van der Waals surface area contributed by atoms with E-state index in [2.05, 4.69) is 10.2 Å². The third-order valence-corrected chi connectivity index (χ3v) is 2.53. The van der Waals surface area contributed by atoms with E-state index in [1.54, 1.807) is 12.1 Å². The summed E-state index contributed by atoms with van der Waals surface area (Å²) in [7, 11) is 0. The first kappa shape index (κ1) is 11.5. The number of aromatic nitrogens is 2. The average molecular weight is 232 g/mol. The van der Waals surface area contributed by atoms with E-state index in [0.717, 1.165) is 29.7 Å². The standard InChI is InChI=1S/C13H13FN2O/c1-2-3-12-11(8-13(17)16-15-12)9-4-6-10(14)7-5-9/h4-8H,2-3H2,1H3,(H,16,17). The fraction of sp³-hybridized carbons (Fsp3) is 0.231. The van der Waals surface area contributed by atoms with Crippen LogP contribution in [0.15, 0.2) is 35.1 Å². The van der Waals surface area contributed by atoms with Crippen molar-refractivity contribution in [3.8, 4) is 11.1 Å². The van der Waals surface area contributed by atoms with Crippen LogP contribution in [0.3, 0.4) is 0 Å². The summed E-state index contributed by atoms with van der Waals surface area (Å²) in [4.78, 5) is 11.3. The van der Waals surface area contributed by atoms with Crippen molar-refractivity contribution < 1.29 is 4.39 Å². The first-order chi connectivity index (χ1) is 8.20. The van der Waals surface area contributed by atoms with Crippen molar-refractivity contribution in [2.24, 2.45) is 0 Å². The molecule has 1 aromatic carbocycles. The summed E-state index contributed by atoms with van der Waals surface area (Å²) >= 11 is 0. The van der Waals surface area contributed by atoms with Gasteiger partial charge in [-0.05, 0) is 24.1 Å². The predicted molar refractivity (Wildman–Crippen MR) is 64.2 cm³/mol. The van der Waals surface area contributed by atoms with Gasteiger partial charge in [0.25, 0.3) is 5.56 Å². The maximum Gasteiger partial charge on any atom is 0.264 e. The van der Waals surface area contributed by atoms with Crippen LogP contribution < -0.4 is 5.56 Å². The van der Waals surface area contributed by atoms with Crippen molar-refractivity contribution in [1.82, 2.24) is 10.2 Å². The number of nitrogens with one attached hydrogen (secondary N) is 1. The third-order valence-electron chi connectivity index (χ3n) is 2.53. The molecule has 1 heterocycles. The molecular formula is C13H13FN2O. The summed E-state index contributed by atoms with van der Waals surface area (Å²) in [5.74, 6) is -0.288. The second-order valence-electron chi connectivity index (χ2n) is 3.85. The van der Waals surface area contributed by atoms with E-state index in [4.69, 9.17) is 0 Å². The molecule has 88 valence electrons. The SMILES string of the molecule is CCCc1n[nH]c(=O)cc1-c1ccc(F)cc1. The van der Waals surface area contributed by atoms with E-state index in [1.807, 2.05) is 6.92 Å². The van der Waals surface area contributed by atoms with Crippen LogP contribution >= 0.6 is 0 Å². The average Bonchev–Trinajstić information content (AvgIpc) is 2.33. The van der Waals surface area contributed by atoms with Crippen LogP contribution in [0.1, 0.15) is 19.0 Å². The molecule has 0 radical (unpaired) electrons. The van der Waals surface area contributed by atoms with Crippen molar-refractivity contribution in [2.45, 2.75) is 19.8 Å². The van der Waals surface area contributed by atoms with Crippen LogP contribution in [0.2, 0.25) is 0 Å². The molecule has 2 rings (SSSR count). The van der Waals surface area contributed by atoms with Gasteiger partial charge in [0.05, 0.1) is 5.69 Å². The highest BCUT2D eigenvalue weighted by Gasteiger charge is 2.07. The lowest BCUT2D eigenvalue weighted by Gasteiger charge is -2.06. The van der Waals surface area contributed by atoms with E-state index in [9.17, 15) is 9.18 Å². The van der Waals surface area contributed by atoms with E-state index in [-0.39, 0.29) is 11.4 Å². The Bertz CT molecular complexity index is 560. The Morgan fingerprint density at radius 1 is 1.29 bits per heavy atom. The van der Waals surface area contributed by atoms with Crippen LogP contribution in [0, 0.1) is 5.82 Å². The summed E-state index contributed by atoms with van der Waals surface area (Å²) in [6, 6.07) is 7.58. The lowest BCUT2D eigenvalue weighted by molar-refractivity contribution is 0.628. The minimum atomic E-state index is -0.288. The van der Waals surface area contributed by atoms with Crippen molar-refractivity contribution in [2.75, 3.05) is 0 Å². The number of nitrogens with zero attached hydrogens (tertiary/aromatic N) is 1. The normalized spacial score (nSPS) is 10.5. The molecule has 0 spiro atoms. The predicted octanol–water partition coefficient (Wildman–Crippen LogP) is 2.53. The van der Waals surface area contributed by atoms with Gasteiger partial charge in [0, 0.05) is 11.6 Å². The first-order valence-electron chi connectivity index (χ1n) is 5.55. The maximum absolute atomic E-state index is 12.8. The van der Waals surface area contributed by atoms with Gasteiger partial charge >= 0.3 is 0 Å². The van der Waals surface area contributed by atoms with Crippen molar-refractivity contribution in [3.05, 3.63) is 52.2 Å². The maximum atomic E-state index is 12.8. The van der Waals surface area contributed by atoms with Gasteiger partial charge in [-0.2, -0.15) is 5.10 Å². The van der Waals surface area contributed by atoms with Gasteiger partial charge in [0.15, 0.2) is 0 Å². The number of H-pyrrole nitrogens is 1. The summed E-state index contributed by atoms with van der Waals surface area (Å²) < 4.78 is 12.8. The zero-order valence-corrected chi connectivity index (χ0v) is 9.53. The molecule has 0 aliphatic carbocycles. The monoisotopic (exact) mass is 232 g/mol. The molecule has 17 heavy (non-hydrogen) atoms. The topological polar surface area (TPSA) is 45.8 Å². The molecule has 0 saturated carbocycles. The number of rotatable bonds is 3. The van der Waals surface area contributed by atoms with Crippen LogP contribution in [0.5, 0.6) is 0 Å². The van der Waals surface area contributed by atoms with Crippen molar-refractivity contribution >= 4 is 0 Å². The Balaban J connectivity index is 2.52. The molecule has 3 nitrogen and oxygen atoms in total. The van der Waals surface area contributed by atoms with Crippen molar-refractivity contribution in [1.29, 1.82) is 0 Å². The Morgan fingerprint density at radius 2 is 2.00 bits per heavy atom. The summed E-state index contributed by atoms with van der Waals surface area (Å²) in [5, 5.41) is 6.46. The minimum Gasteiger partial charge on any atom is -0.268 e. The van der Waals surface area contributed by atoms with Crippen LogP contribution in [-0.4, -0.2) is 10.2 Å². The molecule has 0 saturated heterocycles. The number of aryl methyl sites for hydroxylation is 1. The van der Waals surface area contributed by atoms with Gasteiger partial charge in [0.2, 0.25) is 0 Å². The Hall–Kier alpha value is -1.97. The summed E-state index contributed by atoms with van der Waals surface area (Å²) in [5.41, 5.74) is 2.17. The molecule has 4 heteroatoms. The molecule has 0 atom stereocenters. The molecule has 0 amide bonds. The fourth-order valence-corrected chi connectivity index (χ4v) is 1.74. The van der Waals surface area contributed by atoms with Crippen LogP contribution in [0.4, 0.5) is 4.39 Å². The van der Waals surface area contributed by atoms with Gasteiger partial charge < -0.3 is 0 Å². The molecule has 0 aliphatic heterocycles. The van der Waals surface area contributed by atoms with E-state index in [1.165, 1.54) is 18.2 Å². The van der Waals surface area contributed by atoms with Gasteiger partial charge in [-0.1, -0.05) is 25.5 Å². The largest absolute Gasteiger partial charge is 0.268 e. The lowest BCUT2D eigenvalue weighted by Crippen LogP contribution is -2.10. The molecule has 1 aromatic heterocycles. The molecule has 2 aromatic rings. The second-order valence-corrected chi connectivity index (χ2v) is 3.85. The van der Waals surface area contributed by atoms with Gasteiger partial charge in [0.1, 0.15) is 5.82 Å². The number of aromatic amines is 1. The Labute approximate surface area is 98.3 Å². The third kappa shape index (κ3) is 2.58. The molecule has 1 N–H and O–H groups in total. The lowest BCUT2D eigenvalue weighted by atomic mass is 10.0. The fourth-order valence-electron chi connectivity index (χ4n) is 1.74. The number of hydrogen-bond acceptors (Lipinski definition) is 2. The van der Waals surface area contributed by atoms with Gasteiger partial charge in [-0.25, -0.2) is 9.49 Å². The van der Waals surface area contributed by atoms with Gasteiger partial charge in [-0.15, -0.1) is 0 Å². The second kappa shape index (κ2) is 4.91. The number of benzene rings is 1. The quantitative estimate of drug-likeness (QED) is 0.883. The molecule has 0 unspecified atom stereocenters. The smallest absolute Gasteiger partial charge is 0.264 e. The van der Waals surface area contributed by atoms with Gasteiger partial charge in [-0.3, -0.25) is 4.79 Å².